The van der Waals surface area contributed by atoms with Gasteiger partial charge in [0, 0.05) is 55.7 Å². The molecule has 9 nitrogen and oxygen atoms in total. The summed E-state index contributed by atoms with van der Waals surface area (Å²) in [5.41, 5.74) is 4.29. The number of ether oxygens (including phenoxy) is 2. The predicted octanol–water partition coefficient (Wildman–Crippen LogP) is 5.64. The van der Waals surface area contributed by atoms with Gasteiger partial charge in [0.25, 0.3) is 5.92 Å². The first-order chi connectivity index (χ1) is 22.6. The number of nitrogens with zero attached hydrogens (tertiary/aromatic N) is 6. The minimum atomic E-state index is -2.63. The Kier molecular flexibility index (Phi) is 8.25. The predicted molar refractivity (Wildman–Crippen MR) is 178 cm³/mol. The molecule has 0 N–H and O–H groups in total. The van der Waals surface area contributed by atoms with Gasteiger partial charge in [-0.15, -0.1) is 11.8 Å². The molecule has 3 aromatic rings. The molecule has 47 heavy (non-hydrogen) atoms. The van der Waals surface area contributed by atoms with Gasteiger partial charge in [0.1, 0.15) is 17.4 Å². The second-order valence-corrected chi connectivity index (χ2v) is 14.6. The molecule has 0 spiro atoms. The Hall–Kier alpha value is -3.95. The molecule has 1 aromatic heterocycles. The largest absolute Gasteiger partial charge is 0.462 e. The number of alkyl halides is 2. The van der Waals surface area contributed by atoms with Crippen molar-refractivity contribution in [3.8, 4) is 12.1 Å². The number of rotatable bonds is 9. The van der Waals surface area contributed by atoms with Crippen molar-refractivity contribution in [2.45, 2.75) is 74.3 Å². The fraction of sp³-hybridized carbons (Fsp3) is 0.486. The van der Waals surface area contributed by atoms with Crippen molar-refractivity contribution < 1.29 is 23.0 Å². The van der Waals surface area contributed by atoms with Gasteiger partial charge in [0.15, 0.2) is 0 Å². The quantitative estimate of drug-likeness (QED) is 0.214. The first-order valence-electron chi connectivity index (χ1n) is 16.1. The van der Waals surface area contributed by atoms with Gasteiger partial charge in [0.05, 0.1) is 42.1 Å². The van der Waals surface area contributed by atoms with E-state index in [0.717, 1.165) is 35.7 Å². The summed E-state index contributed by atoms with van der Waals surface area (Å²) in [5, 5.41) is 11.9. The number of amides is 1. The number of hydrogen-bond acceptors (Lipinski definition) is 9. The number of hydrogen-bond donors (Lipinski definition) is 0. The lowest BCUT2D eigenvalue weighted by atomic mass is 9.91. The average molecular weight is 661 g/mol. The SMILES string of the molecule is C=CC(=O)N1CCN(c2nc(OCC3S[C@]3(C)OC3CC(F)(F)C3)nc3c2CCN(c2cccc4cccc(C)c24)C3)C[C@@H]1CC#N. The fourth-order valence-corrected chi connectivity index (χ4v) is 8.08. The van der Waals surface area contributed by atoms with Crippen molar-refractivity contribution in [1.29, 1.82) is 5.26 Å². The number of aromatic nitrogens is 2. The number of thioether (sulfide) groups is 1. The van der Waals surface area contributed by atoms with Crippen LogP contribution in [-0.2, 0) is 22.5 Å². The molecule has 7 rings (SSSR count). The van der Waals surface area contributed by atoms with Crippen molar-refractivity contribution in [2.24, 2.45) is 0 Å². The summed E-state index contributed by atoms with van der Waals surface area (Å²) in [6, 6.07) is 14.9. The van der Waals surface area contributed by atoms with E-state index in [-0.39, 0.29) is 49.1 Å². The molecule has 1 aliphatic carbocycles. The number of carbonyl (C=O) groups is 1. The molecular weight excluding hydrogens is 622 g/mol. The zero-order chi connectivity index (χ0) is 32.9. The molecule has 1 amide bonds. The Labute approximate surface area is 277 Å². The summed E-state index contributed by atoms with van der Waals surface area (Å²) in [7, 11) is 0. The number of halogens is 2. The van der Waals surface area contributed by atoms with Crippen LogP contribution < -0.4 is 14.5 Å². The summed E-state index contributed by atoms with van der Waals surface area (Å²) in [4.78, 5) is 28.1. The third-order valence-electron chi connectivity index (χ3n) is 9.74. The number of nitriles is 1. The van der Waals surface area contributed by atoms with Gasteiger partial charge in [-0.2, -0.15) is 15.2 Å². The molecule has 0 radical (unpaired) electrons. The molecule has 3 atom stereocenters. The fourth-order valence-electron chi connectivity index (χ4n) is 7.13. The topological polar surface area (TPSA) is 94.8 Å². The van der Waals surface area contributed by atoms with Gasteiger partial charge in [-0.05, 0) is 43.4 Å². The first kappa shape index (κ1) is 31.6. The Morgan fingerprint density at radius 1 is 1.17 bits per heavy atom. The van der Waals surface area contributed by atoms with Crippen LogP contribution in [0.4, 0.5) is 20.3 Å². The molecule has 3 aliphatic heterocycles. The molecule has 246 valence electrons. The van der Waals surface area contributed by atoms with E-state index in [2.05, 4.69) is 65.8 Å². The maximum atomic E-state index is 13.4. The highest BCUT2D eigenvalue weighted by Crippen LogP contribution is 2.57. The van der Waals surface area contributed by atoms with Gasteiger partial charge >= 0.3 is 6.01 Å². The second kappa shape index (κ2) is 12.3. The van der Waals surface area contributed by atoms with Crippen molar-refractivity contribution in [2.75, 3.05) is 42.6 Å². The van der Waals surface area contributed by atoms with Crippen LogP contribution in [0.5, 0.6) is 6.01 Å². The second-order valence-electron chi connectivity index (χ2n) is 13.0. The summed E-state index contributed by atoms with van der Waals surface area (Å²) in [5.74, 6) is -2.04. The van der Waals surface area contributed by atoms with E-state index in [1.54, 1.807) is 16.7 Å². The van der Waals surface area contributed by atoms with Crippen LogP contribution in [0, 0.1) is 18.3 Å². The zero-order valence-electron chi connectivity index (χ0n) is 26.6. The van der Waals surface area contributed by atoms with Gasteiger partial charge in [0.2, 0.25) is 5.91 Å². The van der Waals surface area contributed by atoms with Crippen LogP contribution in [-0.4, -0.2) is 81.8 Å². The number of fused-ring (bicyclic) bond motifs is 2. The molecule has 2 saturated heterocycles. The lowest BCUT2D eigenvalue weighted by Gasteiger charge is -2.42. The smallest absolute Gasteiger partial charge is 0.318 e. The Morgan fingerprint density at radius 2 is 1.96 bits per heavy atom. The van der Waals surface area contributed by atoms with Crippen molar-refractivity contribution in [3.63, 3.8) is 0 Å². The van der Waals surface area contributed by atoms with E-state index in [1.165, 1.54) is 22.4 Å². The number of benzene rings is 2. The van der Waals surface area contributed by atoms with E-state index >= 15 is 0 Å². The lowest BCUT2D eigenvalue weighted by Crippen LogP contribution is -2.55. The van der Waals surface area contributed by atoms with E-state index in [4.69, 9.17) is 19.4 Å². The Morgan fingerprint density at radius 3 is 2.70 bits per heavy atom. The molecule has 3 fully saturated rings. The molecule has 1 saturated carbocycles. The maximum absolute atomic E-state index is 13.4. The van der Waals surface area contributed by atoms with Crippen LogP contribution in [0.25, 0.3) is 10.8 Å². The third kappa shape index (κ3) is 6.23. The highest BCUT2D eigenvalue weighted by molar-refractivity contribution is 8.08. The van der Waals surface area contributed by atoms with Gasteiger partial charge in [-0.3, -0.25) is 4.79 Å². The van der Waals surface area contributed by atoms with Crippen LogP contribution in [0.1, 0.15) is 43.0 Å². The zero-order valence-corrected chi connectivity index (χ0v) is 27.4. The van der Waals surface area contributed by atoms with Gasteiger partial charge in [-0.1, -0.05) is 36.9 Å². The lowest BCUT2D eigenvalue weighted by molar-refractivity contribution is -0.180. The molecular formula is C35H38F2N6O3S. The van der Waals surface area contributed by atoms with Crippen LogP contribution in [0.15, 0.2) is 49.1 Å². The Bertz CT molecular complexity index is 1750. The van der Waals surface area contributed by atoms with E-state index < -0.39 is 17.0 Å². The van der Waals surface area contributed by atoms with E-state index in [1.807, 2.05) is 6.92 Å². The summed E-state index contributed by atoms with van der Waals surface area (Å²) in [6.07, 6.45) is 1.31. The number of anilines is 2. The molecule has 2 aromatic carbocycles. The molecule has 1 unspecified atom stereocenters. The summed E-state index contributed by atoms with van der Waals surface area (Å²) >= 11 is 1.57. The normalized spacial score (nSPS) is 25.1. The van der Waals surface area contributed by atoms with Crippen LogP contribution in [0.3, 0.4) is 0 Å². The molecule has 4 aliphatic rings. The van der Waals surface area contributed by atoms with Crippen molar-refractivity contribution >= 4 is 39.9 Å². The monoisotopic (exact) mass is 660 g/mol. The van der Waals surface area contributed by atoms with Crippen molar-refractivity contribution in [3.05, 3.63) is 65.9 Å². The number of aryl methyl sites for hydroxylation is 1. The van der Waals surface area contributed by atoms with Crippen molar-refractivity contribution in [1.82, 2.24) is 14.9 Å². The van der Waals surface area contributed by atoms with Gasteiger partial charge < -0.3 is 24.2 Å². The minimum Gasteiger partial charge on any atom is -0.462 e. The van der Waals surface area contributed by atoms with E-state index in [9.17, 15) is 18.8 Å². The van der Waals surface area contributed by atoms with Gasteiger partial charge in [-0.25, -0.2) is 8.78 Å². The van der Waals surface area contributed by atoms with Crippen LogP contribution >= 0.6 is 11.8 Å². The molecule has 0 bridgehead atoms. The maximum Gasteiger partial charge on any atom is 0.318 e. The van der Waals surface area contributed by atoms with Crippen LogP contribution in [0.2, 0.25) is 0 Å². The molecule has 4 heterocycles. The highest BCUT2D eigenvalue weighted by Gasteiger charge is 2.58. The third-order valence-corrected chi connectivity index (χ3v) is 11.2. The number of carbonyl (C=O) groups excluding carboxylic acids is 1. The summed E-state index contributed by atoms with van der Waals surface area (Å²) < 4.78 is 39.0. The standard InChI is InChI=1S/C35H38F2N6O3S/c1-4-30(44)43-16-15-42(19-24(43)11-13-38)32-26-12-14-41(28-10-6-9-23-8-5-7-22(2)31(23)28)20-27(26)39-33(40-32)45-21-29-34(3,47-29)46-25-17-35(36,37)18-25/h4-10,24-25,29H,1,11-12,14-21H2,2-3H3/t24-,29?,34-/m0/s1. The average Bonchev–Trinajstić information content (AvgIpc) is 3.70. The number of piperazine rings is 1. The highest BCUT2D eigenvalue weighted by atomic mass is 32.2. The first-order valence-corrected chi connectivity index (χ1v) is 17.0. The summed E-state index contributed by atoms with van der Waals surface area (Å²) in [6.45, 7) is 10.8. The van der Waals surface area contributed by atoms with E-state index in [0.29, 0.717) is 26.2 Å². The minimum absolute atomic E-state index is 0.0246. The molecule has 12 heteroatoms. The Balaban J connectivity index is 1.16.